The van der Waals surface area contributed by atoms with Crippen LogP contribution in [0.3, 0.4) is 0 Å². The number of ketones is 2. The summed E-state index contributed by atoms with van der Waals surface area (Å²) in [6.07, 6.45) is 0.622. The number of carbonyl (C=O) groups excluding carboxylic acids is 4. The standard InChI is InChI=1S/C28H38N6O10S/c1-32(2)10-15(35)30-13-9-14(33(3)4)11-8-12-17(23(37)16(11)22(13)36)25(39)28(42)19(20(12)31-45(7,43)44)21(34(5)6)24(38)18(26(28)40)27(29)41/h9,12,19-21,31,36-37,40,42H,8,10H2,1-7H3,(H2,29,41)(H,30,35)/t12-,19+,20+,21+,28+/m1/s1. The van der Waals surface area contributed by atoms with E-state index >= 15 is 0 Å². The van der Waals surface area contributed by atoms with Crippen molar-refractivity contribution in [3.05, 3.63) is 34.1 Å². The fourth-order valence-electron chi connectivity index (χ4n) is 6.72. The molecule has 4 rings (SSSR count). The molecule has 1 saturated carbocycles. The molecule has 0 unspecified atom stereocenters. The normalized spacial score (nSPS) is 26.5. The van der Waals surface area contributed by atoms with Crippen molar-refractivity contribution < 1.29 is 48.0 Å². The van der Waals surface area contributed by atoms with E-state index in [9.17, 15) is 48.0 Å². The van der Waals surface area contributed by atoms with Crippen molar-refractivity contribution in [2.24, 2.45) is 17.6 Å². The Morgan fingerprint density at radius 3 is 2.18 bits per heavy atom. The summed E-state index contributed by atoms with van der Waals surface area (Å²) in [5, 5.41) is 48.9. The molecule has 45 heavy (non-hydrogen) atoms. The van der Waals surface area contributed by atoms with Crippen LogP contribution < -0.4 is 20.7 Å². The lowest BCUT2D eigenvalue weighted by Gasteiger charge is -2.54. The van der Waals surface area contributed by atoms with Gasteiger partial charge in [0, 0.05) is 43.2 Å². The number of rotatable bonds is 8. The Morgan fingerprint density at radius 2 is 1.69 bits per heavy atom. The summed E-state index contributed by atoms with van der Waals surface area (Å²) < 4.78 is 27.9. The summed E-state index contributed by atoms with van der Waals surface area (Å²) in [5.74, 6) is -10.1. The zero-order valence-corrected chi connectivity index (χ0v) is 26.7. The summed E-state index contributed by atoms with van der Waals surface area (Å²) in [6.45, 7) is -0.0473. The number of hydrogen-bond donors (Lipinski definition) is 7. The summed E-state index contributed by atoms with van der Waals surface area (Å²) in [7, 11) is 5.29. The fraction of sp³-hybridized carbons (Fsp3) is 0.500. The molecule has 3 aliphatic carbocycles. The van der Waals surface area contributed by atoms with Gasteiger partial charge in [0.25, 0.3) is 5.91 Å². The SMILES string of the molecule is CN(C)CC(=O)Nc1cc(N(C)C)c2c(c1O)C(O)=C1C(=O)[C@]3(O)C(O)=C(C(N)=O)C(=O)[C@@H](N(C)C)[C@@H]3[C@@H](NS(C)(=O)=O)[C@@H]1C2. The average molecular weight is 651 g/mol. The third-order valence-corrected chi connectivity index (χ3v) is 9.09. The minimum Gasteiger partial charge on any atom is -0.508 e. The Bertz CT molecular complexity index is 1680. The first-order valence-corrected chi connectivity index (χ1v) is 15.7. The van der Waals surface area contributed by atoms with Gasteiger partial charge in [-0.2, -0.15) is 0 Å². The molecular formula is C28H38N6O10S. The molecule has 5 atom stereocenters. The number of phenols is 1. The Hall–Kier alpha value is -4.03. The molecule has 1 aromatic rings. The number of nitrogens with one attached hydrogen (secondary N) is 2. The minimum atomic E-state index is -4.15. The first kappa shape index (κ1) is 33.9. The van der Waals surface area contributed by atoms with E-state index in [2.05, 4.69) is 10.0 Å². The highest BCUT2D eigenvalue weighted by atomic mass is 32.2. The van der Waals surface area contributed by atoms with Gasteiger partial charge in [0.2, 0.25) is 21.7 Å². The van der Waals surface area contributed by atoms with Crippen LogP contribution in [0.4, 0.5) is 11.4 Å². The summed E-state index contributed by atoms with van der Waals surface area (Å²) in [4.78, 5) is 57.3. The number of sulfonamides is 1. The van der Waals surface area contributed by atoms with Crippen LogP contribution in [0.15, 0.2) is 23.0 Å². The van der Waals surface area contributed by atoms with Crippen molar-refractivity contribution in [1.82, 2.24) is 14.5 Å². The van der Waals surface area contributed by atoms with E-state index < -0.39 is 91.3 Å². The Morgan fingerprint density at radius 1 is 1.09 bits per heavy atom. The highest BCUT2D eigenvalue weighted by Crippen LogP contribution is 2.54. The number of Topliss-reactive ketones (excluding diaryl/α,β-unsaturated/α-hetero) is 2. The number of aliphatic hydroxyl groups excluding tert-OH is 2. The van der Waals surface area contributed by atoms with Gasteiger partial charge < -0.3 is 41.3 Å². The Labute approximate surface area is 259 Å². The van der Waals surface area contributed by atoms with Crippen molar-refractivity contribution in [2.45, 2.75) is 24.1 Å². The maximum absolute atomic E-state index is 14.3. The number of anilines is 2. The molecule has 8 N–H and O–H groups in total. The second kappa shape index (κ2) is 11.4. The molecule has 1 fully saturated rings. The molecule has 0 saturated heterocycles. The van der Waals surface area contributed by atoms with Crippen LogP contribution in [0.1, 0.15) is 11.1 Å². The molecule has 0 bridgehead atoms. The van der Waals surface area contributed by atoms with Crippen LogP contribution in [0.2, 0.25) is 0 Å². The van der Waals surface area contributed by atoms with Gasteiger partial charge in [-0.1, -0.05) is 0 Å². The van der Waals surface area contributed by atoms with Gasteiger partial charge in [-0.3, -0.25) is 24.1 Å². The minimum absolute atomic E-state index is 0.0473. The smallest absolute Gasteiger partial charge is 0.255 e. The van der Waals surface area contributed by atoms with Gasteiger partial charge in [-0.25, -0.2) is 13.1 Å². The number of hydrogen-bond acceptors (Lipinski definition) is 13. The predicted molar refractivity (Wildman–Crippen MR) is 163 cm³/mol. The van der Waals surface area contributed by atoms with Crippen molar-refractivity contribution >= 4 is 50.5 Å². The number of primary amides is 1. The number of carbonyl (C=O) groups is 4. The van der Waals surface area contributed by atoms with Gasteiger partial charge in [-0.15, -0.1) is 0 Å². The van der Waals surface area contributed by atoms with E-state index in [0.717, 1.165) is 6.26 Å². The number of benzene rings is 1. The molecule has 2 amide bonds. The summed E-state index contributed by atoms with van der Waals surface area (Å²) in [5.41, 5.74) is 0.955. The highest BCUT2D eigenvalue weighted by Gasteiger charge is 2.68. The molecule has 17 heteroatoms. The lowest BCUT2D eigenvalue weighted by Crippen LogP contribution is -2.72. The van der Waals surface area contributed by atoms with Crippen LogP contribution >= 0.6 is 0 Å². The van der Waals surface area contributed by atoms with Gasteiger partial charge in [-0.05, 0) is 46.2 Å². The number of nitrogens with two attached hydrogens (primary N) is 1. The van der Waals surface area contributed by atoms with Gasteiger partial charge in [0.1, 0.15) is 22.8 Å². The lowest BCUT2D eigenvalue weighted by atomic mass is 9.55. The number of aliphatic hydroxyl groups is 3. The summed E-state index contributed by atoms with van der Waals surface area (Å²) >= 11 is 0. The number of nitrogens with zero attached hydrogens (tertiary/aromatic N) is 3. The summed E-state index contributed by atoms with van der Waals surface area (Å²) in [6, 6.07) is -1.59. The molecule has 0 radical (unpaired) electrons. The number of likely N-dealkylation sites (N-methyl/N-ethyl adjacent to an activating group) is 2. The third kappa shape index (κ3) is 5.43. The average Bonchev–Trinajstić information content (AvgIpc) is 2.88. The number of phenolic OH excluding ortho intramolecular Hbond substituents is 1. The Kier molecular flexibility index (Phi) is 8.58. The number of aromatic hydroxyl groups is 1. The maximum atomic E-state index is 14.3. The lowest BCUT2D eigenvalue weighted by molar-refractivity contribution is -0.156. The maximum Gasteiger partial charge on any atom is 0.255 e. The second-order valence-corrected chi connectivity index (χ2v) is 14.1. The predicted octanol–water partition coefficient (Wildman–Crippen LogP) is -1.94. The Balaban J connectivity index is 2.09. The van der Waals surface area contributed by atoms with Crippen molar-refractivity contribution in [3.8, 4) is 5.75 Å². The van der Waals surface area contributed by atoms with Crippen LogP contribution in [-0.4, -0.2) is 135 Å². The molecule has 1 aromatic carbocycles. The van der Waals surface area contributed by atoms with E-state index in [1.807, 2.05) is 0 Å². The first-order valence-electron chi connectivity index (χ1n) is 13.8. The van der Waals surface area contributed by atoms with Gasteiger partial charge in [0.05, 0.1) is 30.1 Å². The van der Waals surface area contributed by atoms with Gasteiger partial charge in [0.15, 0.2) is 11.4 Å². The van der Waals surface area contributed by atoms with E-state index in [1.165, 1.54) is 25.1 Å². The third-order valence-electron chi connectivity index (χ3n) is 8.39. The van der Waals surface area contributed by atoms with Crippen LogP contribution in [0, 0.1) is 11.8 Å². The van der Waals surface area contributed by atoms with Crippen molar-refractivity contribution in [2.75, 3.05) is 65.3 Å². The zero-order valence-electron chi connectivity index (χ0n) is 25.9. The number of amides is 2. The highest BCUT2D eigenvalue weighted by molar-refractivity contribution is 7.88. The quantitative estimate of drug-likeness (QED) is 0.120. The van der Waals surface area contributed by atoms with E-state index in [0.29, 0.717) is 5.69 Å². The van der Waals surface area contributed by atoms with Crippen LogP contribution in [-0.2, 0) is 35.6 Å². The second-order valence-electron chi connectivity index (χ2n) is 12.3. The van der Waals surface area contributed by atoms with Gasteiger partial charge >= 0.3 is 0 Å². The van der Waals surface area contributed by atoms with Crippen molar-refractivity contribution in [3.63, 3.8) is 0 Å². The fourth-order valence-corrected chi connectivity index (χ4v) is 7.52. The molecule has 0 spiro atoms. The van der Waals surface area contributed by atoms with Crippen LogP contribution in [0.25, 0.3) is 5.76 Å². The monoisotopic (exact) mass is 650 g/mol. The molecule has 246 valence electrons. The molecule has 0 heterocycles. The van der Waals surface area contributed by atoms with Crippen LogP contribution in [0.5, 0.6) is 5.75 Å². The van der Waals surface area contributed by atoms with E-state index in [4.69, 9.17) is 5.73 Å². The molecule has 16 nitrogen and oxygen atoms in total. The zero-order chi connectivity index (χ0) is 34.1. The molecule has 0 aliphatic heterocycles. The molecular weight excluding hydrogens is 612 g/mol. The molecule has 3 aliphatic rings. The molecule has 0 aromatic heterocycles. The largest absolute Gasteiger partial charge is 0.508 e. The van der Waals surface area contributed by atoms with E-state index in [1.54, 1.807) is 38.0 Å². The topological polar surface area (TPSA) is 243 Å². The van der Waals surface area contributed by atoms with Crippen molar-refractivity contribution in [1.29, 1.82) is 0 Å². The van der Waals surface area contributed by atoms with E-state index in [-0.39, 0.29) is 29.8 Å². The first-order chi connectivity index (χ1) is 20.6. The number of fused-ring (bicyclic) bond motifs is 3.